The maximum atomic E-state index is 14.6. The van der Waals surface area contributed by atoms with E-state index in [1.165, 1.54) is 0 Å². The number of hydrogen-bond donors (Lipinski definition) is 0. The highest BCUT2D eigenvalue weighted by Gasteiger charge is 2.29. The van der Waals surface area contributed by atoms with Gasteiger partial charge >= 0.3 is 0 Å². The van der Waals surface area contributed by atoms with Crippen LogP contribution in [0.25, 0.3) is 11.2 Å². The Morgan fingerprint density at radius 3 is 2.57 bits per heavy atom. The van der Waals surface area contributed by atoms with E-state index >= 15 is 0 Å². The van der Waals surface area contributed by atoms with E-state index in [4.69, 9.17) is 4.74 Å². The maximum absolute atomic E-state index is 14.6. The standard InChI is InChI=1S/C28H29FN4O2/c1-17-6-4-7-22(29)26(17)20-11-9-19(10-12-20)21-14-23-27(32-18(2)15-31-23)33(28(21)34)16-24-25(35-3)8-5-13-30-24/h4-8,13-15,19-20H,9-12,16H2,1-3H3/t19-,20-. The fourth-order valence-corrected chi connectivity index (χ4v) is 5.41. The summed E-state index contributed by atoms with van der Waals surface area (Å²) in [5.41, 5.74) is 5.13. The van der Waals surface area contributed by atoms with E-state index in [0.717, 1.165) is 48.1 Å². The van der Waals surface area contributed by atoms with E-state index in [0.29, 0.717) is 22.6 Å². The number of hydrogen-bond acceptors (Lipinski definition) is 5. The van der Waals surface area contributed by atoms with Gasteiger partial charge in [-0.2, -0.15) is 0 Å². The van der Waals surface area contributed by atoms with Gasteiger partial charge in [0.2, 0.25) is 0 Å². The minimum atomic E-state index is -0.128. The maximum Gasteiger partial charge on any atom is 0.256 e. The number of aromatic nitrogens is 4. The largest absolute Gasteiger partial charge is 0.495 e. The molecule has 1 fully saturated rings. The van der Waals surface area contributed by atoms with Crippen molar-refractivity contribution >= 4 is 11.2 Å². The molecule has 1 aliphatic rings. The van der Waals surface area contributed by atoms with E-state index in [2.05, 4.69) is 15.0 Å². The number of aryl methyl sites for hydroxylation is 2. The van der Waals surface area contributed by atoms with Crippen LogP contribution < -0.4 is 10.3 Å². The summed E-state index contributed by atoms with van der Waals surface area (Å²) in [6.07, 6.45) is 6.75. The smallest absolute Gasteiger partial charge is 0.256 e. The molecule has 5 rings (SSSR count). The van der Waals surface area contributed by atoms with Gasteiger partial charge in [0.15, 0.2) is 5.65 Å². The molecule has 1 aliphatic carbocycles. The Bertz CT molecular complexity index is 1420. The van der Waals surface area contributed by atoms with Crippen molar-refractivity contribution in [3.05, 3.63) is 93.0 Å². The predicted molar refractivity (Wildman–Crippen MR) is 134 cm³/mol. The third-order valence-corrected chi connectivity index (χ3v) is 7.16. The SMILES string of the molecule is COc1cccnc1Cn1c(=O)c([C@H]2CC[C@H](c3c(C)cccc3F)CC2)cc2ncc(C)nc21. The minimum absolute atomic E-state index is 0.0735. The molecule has 0 unspecified atom stereocenters. The number of rotatable bonds is 5. The van der Waals surface area contributed by atoms with Crippen molar-refractivity contribution in [3.8, 4) is 5.75 Å². The highest BCUT2D eigenvalue weighted by atomic mass is 19.1. The topological polar surface area (TPSA) is 69.9 Å². The second kappa shape index (κ2) is 9.56. The van der Waals surface area contributed by atoms with E-state index in [-0.39, 0.29) is 29.8 Å². The molecule has 1 saturated carbocycles. The van der Waals surface area contributed by atoms with Crippen LogP contribution in [0.1, 0.15) is 65.6 Å². The third-order valence-electron chi connectivity index (χ3n) is 7.16. The van der Waals surface area contributed by atoms with Crippen LogP contribution in [0.5, 0.6) is 5.75 Å². The molecule has 3 heterocycles. The lowest BCUT2D eigenvalue weighted by Gasteiger charge is -2.30. The number of methoxy groups -OCH3 is 1. The van der Waals surface area contributed by atoms with Crippen LogP contribution in [-0.2, 0) is 6.54 Å². The number of halogens is 1. The molecule has 0 radical (unpaired) electrons. The summed E-state index contributed by atoms with van der Waals surface area (Å²) in [6.45, 7) is 4.08. The Morgan fingerprint density at radius 1 is 1.06 bits per heavy atom. The van der Waals surface area contributed by atoms with Crippen molar-refractivity contribution in [3.63, 3.8) is 0 Å². The lowest BCUT2D eigenvalue weighted by Crippen LogP contribution is -2.29. The van der Waals surface area contributed by atoms with Crippen molar-refractivity contribution in [2.45, 2.75) is 57.9 Å². The van der Waals surface area contributed by atoms with Crippen molar-refractivity contribution in [1.82, 2.24) is 19.5 Å². The van der Waals surface area contributed by atoms with Crippen LogP contribution in [0.2, 0.25) is 0 Å². The summed E-state index contributed by atoms with van der Waals surface area (Å²) in [4.78, 5) is 27.5. The normalized spacial score (nSPS) is 18.1. The fraction of sp³-hybridized carbons (Fsp3) is 0.357. The monoisotopic (exact) mass is 472 g/mol. The highest BCUT2D eigenvalue weighted by Crippen LogP contribution is 2.41. The first-order chi connectivity index (χ1) is 17.0. The Labute approximate surface area is 203 Å². The molecule has 0 spiro atoms. The Balaban J connectivity index is 1.51. The third kappa shape index (κ3) is 4.43. The molecular weight excluding hydrogens is 443 g/mol. The lowest BCUT2D eigenvalue weighted by molar-refractivity contribution is 0.383. The highest BCUT2D eigenvalue weighted by molar-refractivity contribution is 5.71. The first kappa shape index (κ1) is 23.1. The van der Waals surface area contributed by atoms with Gasteiger partial charge in [-0.15, -0.1) is 0 Å². The van der Waals surface area contributed by atoms with E-state index in [1.54, 1.807) is 42.3 Å². The van der Waals surface area contributed by atoms with E-state index in [1.807, 2.05) is 32.0 Å². The average Bonchev–Trinajstić information content (AvgIpc) is 2.86. The average molecular weight is 473 g/mol. The van der Waals surface area contributed by atoms with Crippen molar-refractivity contribution in [1.29, 1.82) is 0 Å². The molecule has 3 aromatic heterocycles. The minimum Gasteiger partial charge on any atom is -0.495 e. The van der Waals surface area contributed by atoms with Gasteiger partial charge < -0.3 is 4.74 Å². The summed E-state index contributed by atoms with van der Waals surface area (Å²) < 4.78 is 21.7. The first-order valence-corrected chi connectivity index (χ1v) is 12.1. The van der Waals surface area contributed by atoms with Gasteiger partial charge in [-0.1, -0.05) is 12.1 Å². The zero-order chi connectivity index (χ0) is 24.5. The van der Waals surface area contributed by atoms with Crippen LogP contribution in [0.15, 0.2) is 53.6 Å². The number of benzene rings is 1. The lowest BCUT2D eigenvalue weighted by atomic mass is 9.75. The zero-order valence-corrected chi connectivity index (χ0v) is 20.3. The van der Waals surface area contributed by atoms with Crippen molar-refractivity contribution < 1.29 is 9.13 Å². The Kier molecular flexibility index (Phi) is 6.32. The molecule has 0 amide bonds. The molecular formula is C28H29FN4O2. The zero-order valence-electron chi connectivity index (χ0n) is 20.3. The van der Waals surface area contributed by atoms with E-state index < -0.39 is 0 Å². The quantitative estimate of drug-likeness (QED) is 0.387. The number of fused-ring (bicyclic) bond motifs is 1. The van der Waals surface area contributed by atoms with Gasteiger partial charge in [0.1, 0.15) is 22.8 Å². The molecule has 0 aliphatic heterocycles. The number of nitrogens with zero attached hydrogens (tertiary/aromatic N) is 4. The van der Waals surface area contributed by atoms with Crippen LogP contribution in [0, 0.1) is 19.7 Å². The first-order valence-electron chi connectivity index (χ1n) is 12.1. The number of pyridine rings is 2. The molecule has 0 bridgehead atoms. The summed E-state index contributed by atoms with van der Waals surface area (Å²) in [5.74, 6) is 0.765. The second-order valence-corrected chi connectivity index (χ2v) is 9.38. The van der Waals surface area contributed by atoms with E-state index in [9.17, 15) is 9.18 Å². The van der Waals surface area contributed by atoms with Gasteiger partial charge in [0, 0.05) is 18.0 Å². The molecule has 0 N–H and O–H groups in total. The van der Waals surface area contributed by atoms with Gasteiger partial charge in [-0.25, -0.2) is 9.37 Å². The second-order valence-electron chi connectivity index (χ2n) is 9.38. The fourth-order valence-electron chi connectivity index (χ4n) is 5.41. The molecule has 1 aromatic carbocycles. The van der Waals surface area contributed by atoms with Crippen molar-refractivity contribution in [2.24, 2.45) is 0 Å². The molecule has 7 heteroatoms. The molecule has 35 heavy (non-hydrogen) atoms. The van der Waals surface area contributed by atoms with Gasteiger partial charge in [-0.3, -0.25) is 19.3 Å². The summed E-state index contributed by atoms with van der Waals surface area (Å²) in [7, 11) is 1.59. The molecule has 4 aromatic rings. The predicted octanol–water partition coefficient (Wildman–Crippen LogP) is 5.44. The van der Waals surface area contributed by atoms with Crippen LogP contribution in [0.4, 0.5) is 4.39 Å². The Hall–Kier alpha value is -3.61. The van der Waals surface area contributed by atoms with Gasteiger partial charge in [0.05, 0.1) is 19.3 Å². The summed E-state index contributed by atoms with van der Waals surface area (Å²) >= 11 is 0. The van der Waals surface area contributed by atoms with Crippen LogP contribution in [0.3, 0.4) is 0 Å². The van der Waals surface area contributed by atoms with Gasteiger partial charge in [-0.05, 0) is 86.8 Å². The Morgan fingerprint density at radius 2 is 1.83 bits per heavy atom. The summed E-state index contributed by atoms with van der Waals surface area (Å²) in [6, 6.07) is 10.8. The van der Waals surface area contributed by atoms with Crippen molar-refractivity contribution in [2.75, 3.05) is 7.11 Å². The molecule has 0 atom stereocenters. The molecule has 180 valence electrons. The van der Waals surface area contributed by atoms with Crippen LogP contribution in [-0.4, -0.2) is 26.6 Å². The van der Waals surface area contributed by atoms with Gasteiger partial charge in [0.25, 0.3) is 5.56 Å². The van der Waals surface area contributed by atoms with Crippen LogP contribution >= 0.6 is 0 Å². The number of ether oxygens (including phenoxy) is 1. The molecule has 6 nitrogen and oxygen atoms in total. The summed E-state index contributed by atoms with van der Waals surface area (Å²) in [5, 5.41) is 0. The molecule has 0 saturated heterocycles.